The quantitative estimate of drug-likeness (QED) is 0.179. The minimum Gasteiger partial charge on any atom is -0.449 e. The second kappa shape index (κ2) is 11.5. The third-order valence-electron chi connectivity index (χ3n) is 9.92. The van der Waals surface area contributed by atoms with Crippen molar-refractivity contribution < 1.29 is 9.47 Å². The molecule has 0 bridgehead atoms. The zero-order valence-corrected chi connectivity index (χ0v) is 27.1. The molecule has 0 N–H and O–H groups in total. The minimum atomic E-state index is 0.721. The molecule has 0 aliphatic carbocycles. The summed E-state index contributed by atoms with van der Waals surface area (Å²) in [7, 11) is 0. The first kappa shape index (κ1) is 28.4. The van der Waals surface area contributed by atoms with Gasteiger partial charge in [0, 0.05) is 5.56 Å². The molecule has 0 radical (unpaired) electrons. The van der Waals surface area contributed by atoms with Gasteiger partial charge in [0.25, 0.3) is 0 Å². The Bertz CT molecular complexity index is 2670. The highest BCUT2D eigenvalue weighted by Crippen LogP contribution is 2.51. The van der Waals surface area contributed by atoms with Crippen LogP contribution in [-0.2, 0) is 0 Å². The minimum absolute atomic E-state index is 0.721. The Labute approximate surface area is 290 Å². The van der Waals surface area contributed by atoms with Gasteiger partial charge in [0.1, 0.15) is 0 Å². The molecule has 2 nitrogen and oxygen atoms in total. The van der Waals surface area contributed by atoms with Crippen LogP contribution in [0.25, 0.3) is 76.8 Å². The Morgan fingerprint density at radius 1 is 0.280 bits per heavy atom. The molecule has 1 heterocycles. The number of hydrogen-bond acceptors (Lipinski definition) is 2. The van der Waals surface area contributed by atoms with Crippen LogP contribution in [-0.4, -0.2) is 0 Å². The van der Waals surface area contributed by atoms with E-state index in [9.17, 15) is 0 Å². The number of fused-ring (bicyclic) bond motifs is 5. The third kappa shape index (κ3) is 4.65. The highest BCUT2D eigenvalue weighted by molar-refractivity contribution is 6.21. The van der Waals surface area contributed by atoms with E-state index in [1.54, 1.807) is 0 Å². The van der Waals surface area contributed by atoms with Crippen LogP contribution < -0.4 is 9.47 Å². The van der Waals surface area contributed by atoms with E-state index in [4.69, 9.17) is 9.47 Å². The molecule has 9 aromatic carbocycles. The zero-order chi connectivity index (χ0) is 33.0. The fourth-order valence-corrected chi connectivity index (χ4v) is 7.54. The van der Waals surface area contributed by atoms with E-state index in [1.807, 2.05) is 24.3 Å². The molecule has 10 rings (SSSR count). The molecule has 1 aliphatic rings. The number of rotatable bonds is 4. The Morgan fingerprint density at radius 3 is 1.28 bits per heavy atom. The Morgan fingerprint density at radius 2 is 0.720 bits per heavy atom. The summed E-state index contributed by atoms with van der Waals surface area (Å²) in [6.45, 7) is 0. The first-order valence-corrected chi connectivity index (χ1v) is 17.0. The van der Waals surface area contributed by atoms with Crippen molar-refractivity contribution in [2.45, 2.75) is 0 Å². The largest absolute Gasteiger partial charge is 0.449 e. The van der Waals surface area contributed by atoms with E-state index >= 15 is 0 Å². The fourth-order valence-electron chi connectivity index (χ4n) is 7.54. The van der Waals surface area contributed by atoms with E-state index < -0.39 is 0 Å². The van der Waals surface area contributed by atoms with Crippen LogP contribution in [0.4, 0.5) is 0 Å². The van der Waals surface area contributed by atoms with Crippen molar-refractivity contribution in [2.24, 2.45) is 0 Å². The molecule has 2 heteroatoms. The molecular weight excluding hydrogens is 609 g/mol. The van der Waals surface area contributed by atoms with Gasteiger partial charge in [0.2, 0.25) is 0 Å². The third-order valence-corrected chi connectivity index (χ3v) is 9.92. The van der Waals surface area contributed by atoms with Gasteiger partial charge in [0.05, 0.1) is 0 Å². The molecule has 1 aliphatic heterocycles. The molecule has 0 saturated heterocycles. The lowest BCUT2D eigenvalue weighted by atomic mass is 9.85. The molecule has 0 spiro atoms. The number of benzene rings is 9. The maximum Gasteiger partial charge on any atom is 0.177 e. The van der Waals surface area contributed by atoms with E-state index in [2.05, 4.69) is 158 Å². The van der Waals surface area contributed by atoms with Crippen LogP contribution in [0.1, 0.15) is 0 Å². The SMILES string of the molecule is c1ccc(-c2ccc(-c3c4ccccc4c(-c4ccc(-c5cccc6c5Oc5cc7ccccc7cc5O6)cc4)c4ccccc34)cc2)cc1. The van der Waals surface area contributed by atoms with E-state index in [1.165, 1.54) is 54.9 Å². The molecule has 0 saturated carbocycles. The molecular formula is C48H30O2. The van der Waals surface area contributed by atoms with Crippen molar-refractivity contribution in [3.05, 3.63) is 182 Å². The summed E-state index contributed by atoms with van der Waals surface area (Å²) in [6.07, 6.45) is 0. The normalized spacial score (nSPS) is 11.9. The molecule has 0 aromatic heterocycles. The Balaban J connectivity index is 1.07. The van der Waals surface area contributed by atoms with Crippen molar-refractivity contribution in [3.63, 3.8) is 0 Å². The molecule has 9 aromatic rings. The summed E-state index contributed by atoms with van der Waals surface area (Å²) in [4.78, 5) is 0. The lowest BCUT2D eigenvalue weighted by Gasteiger charge is -2.23. The topological polar surface area (TPSA) is 18.5 Å². The van der Waals surface area contributed by atoms with Gasteiger partial charge in [-0.3, -0.25) is 0 Å². The van der Waals surface area contributed by atoms with Crippen LogP contribution >= 0.6 is 0 Å². The van der Waals surface area contributed by atoms with E-state index in [-0.39, 0.29) is 0 Å². The standard InChI is InChI=1S/C48H30O2/c1-2-11-31(12-3-1)32-21-25-34(26-22-32)46-39-15-6-8-17-41(39)47(42-18-9-7-16-40(42)46)35-27-23-33(24-28-35)38-19-10-20-43-48(38)50-45-30-37-14-5-4-13-36(37)29-44(45)49-43/h1-30H. The fraction of sp³-hybridized carbons (Fsp3) is 0. The summed E-state index contributed by atoms with van der Waals surface area (Å²) in [5, 5.41) is 7.20. The Kier molecular flexibility index (Phi) is 6.53. The Hall–Kier alpha value is -6.64. The van der Waals surface area contributed by atoms with Gasteiger partial charge in [-0.1, -0.05) is 164 Å². The van der Waals surface area contributed by atoms with Crippen LogP contribution in [0.5, 0.6) is 23.0 Å². The highest BCUT2D eigenvalue weighted by atomic mass is 16.6. The van der Waals surface area contributed by atoms with Crippen molar-refractivity contribution in [1.29, 1.82) is 0 Å². The number of hydrogen-bond donors (Lipinski definition) is 0. The molecule has 0 amide bonds. The van der Waals surface area contributed by atoms with Gasteiger partial charge in [-0.05, 0) is 89.5 Å². The van der Waals surface area contributed by atoms with Gasteiger partial charge < -0.3 is 9.47 Å². The van der Waals surface area contributed by atoms with Crippen LogP contribution in [0.2, 0.25) is 0 Å². The number of para-hydroxylation sites is 1. The smallest absolute Gasteiger partial charge is 0.177 e. The molecule has 0 unspecified atom stereocenters. The van der Waals surface area contributed by atoms with Gasteiger partial charge in [-0.15, -0.1) is 0 Å². The monoisotopic (exact) mass is 638 g/mol. The van der Waals surface area contributed by atoms with E-state index in [0.29, 0.717) is 0 Å². The van der Waals surface area contributed by atoms with Gasteiger partial charge in [-0.25, -0.2) is 0 Å². The van der Waals surface area contributed by atoms with Crippen molar-refractivity contribution in [3.8, 4) is 67.5 Å². The summed E-state index contributed by atoms with van der Waals surface area (Å²) >= 11 is 0. The molecule has 50 heavy (non-hydrogen) atoms. The average Bonchev–Trinajstić information content (AvgIpc) is 3.18. The van der Waals surface area contributed by atoms with Crippen molar-refractivity contribution in [2.75, 3.05) is 0 Å². The van der Waals surface area contributed by atoms with Gasteiger partial charge in [-0.2, -0.15) is 0 Å². The lowest BCUT2D eigenvalue weighted by Crippen LogP contribution is -2.00. The molecule has 234 valence electrons. The summed E-state index contributed by atoms with van der Waals surface area (Å²) < 4.78 is 13.0. The molecule has 0 fully saturated rings. The number of ether oxygens (including phenoxy) is 2. The van der Waals surface area contributed by atoms with Crippen molar-refractivity contribution in [1.82, 2.24) is 0 Å². The summed E-state index contributed by atoms with van der Waals surface area (Å²) in [5.74, 6) is 2.92. The predicted molar refractivity (Wildman–Crippen MR) is 207 cm³/mol. The van der Waals surface area contributed by atoms with Crippen LogP contribution in [0.3, 0.4) is 0 Å². The molecule has 0 atom stereocenters. The maximum atomic E-state index is 6.56. The first-order valence-electron chi connectivity index (χ1n) is 17.0. The van der Waals surface area contributed by atoms with Gasteiger partial charge in [0.15, 0.2) is 23.0 Å². The average molecular weight is 639 g/mol. The zero-order valence-electron chi connectivity index (χ0n) is 27.1. The summed E-state index contributed by atoms with van der Waals surface area (Å²) in [6, 6.07) is 64.5. The van der Waals surface area contributed by atoms with Crippen LogP contribution in [0, 0.1) is 0 Å². The predicted octanol–water partition coefficient (Wildman–Crippen LogP) is 13.7. The van der Waals surface area contributed by atoms with Crippen molar-refractivity contribution >= 4 is 32.3 Å². The van der Waals surface area contributed by atoms with Gasteiger partial charge >= 0.3 is 0 Å². The van der Waals surface area contributed by atoms with E-state index in [0.717, 1.165) is 44.9 Å². The first-order chi connectivity index (χ1) is 24.8. The highest BCUT2D eigenvalue weighted by Gasteiger charge is 2.23. The lowest BCUT2D eigenvalue weighted by molar-refractivity contribution is 0.361. The second-order valence-corrected chi connectivity index (χ2v) is 12.8. The van der Waals surface area contributed by atoms with Crippen LogP contribution in [0.15, 0.2) is 182 Å². The second-order valence-electron chi connectivity index (χ2n) is 12.8. The maximum absolute atomic E-state index is 6.56. The summed E-state index contributed by atoms with van der Waals surface area (Å²) in [5.41, 5.74) is 9.39.